The first-order valence-electron chi connectivity index (χ1n) is 5.94. The summed E-state index contributed by atoms with van der Waals surface area (Å²) in [6, 6.07) is 14.0. The van der Waals surface area contributed by atoms with Crippen LogP contribution in [0.5, 0.6) is 0 Å². The number of hydrogen-bond donors (Lipinski definition) is 3. The van der Waals surface area contributed by atoms with Crippen molar-refractivity contribution in [3.63, 3.8) is 0 Å². The summed E-state index contributed by atoms with van der Waals surface area (Å²) in [6.07, 6.45) is 0.306. The van der Waals surface area contributed by atoms with Crippen LogP contribution in [0.3, 0.4) is 0 Å². The Morgan fingerprint density at radius 1 is 1.11 bits per heavy atom. The third kappa shape index (κ3) is 3.42. The van der Waals surface area contributed by atoms with Crippen LogP contribution in [0.4, 0.5) is 0 Å². The van der Waals surface area contributed by atoms with Gasteiger partial charge in [-0.25, -0.2) is 0 Å². The van der Waals surface area contributed by atoms with Crippen LogP contribution in [-0.4, -0.2) is 18.1 Å². The highest BCUT2D eigenvalue weighted by Gasteiger charge is 2.06. The molecule has 0 saturated heterocycles. The Labute approximate surface area is 117 Å². The molecule has 0 aliphatic carbocycles. The van der Waals surface area contributed by atoms with Crippen molar-refractivity contribution in [1.29, 1.82) is 0 Å². The van der Waals surface area contributed by atoms with E-state index in [1.807, 2.05) is 42.5 Å². The number of hydrogen-bond acceptors (Lipinski definition) is 2. The molecule has 4 nitrogen and oxygen atoms in total. The fraction of sp³-hybridized carbons (Fsp3) is 0.143. The highest BCUT2D eigenvalue weighted by molar-refractivity contribution is 7.80. The molecular formula is C14H15N3OS. The molecule has 0 radical (unpaired) electrons. The maximum absolute atomic E-state index is 11.8. The number of rotatable bonds is 2. The van der Waals surface area contributed by atoms with Gasteiger partial charge >= 0.3 is 0 Å². The van der Waals surface area contributed by atoms with Crippen LogP contribution in [0.25, 0.3) is 10.8 Å². The van der Waals surface area contributed by atoms with E-state index in [1.165, 1.54) is 0 Å². The van der Waals surface area contributed by atoms with E-state index in [2.05, 4.69) is 16.2 Å². The lowest BCUT2D eigenvalue weighted by Crippen LogP contribution is -2.46. The van der Waals surface area contributed by atoms with Gasteiger partial charge in [-0.05, 0) is 28.6 Å². The molecule has 5 heteroatoms. The zero-order valence-corrected chi connectivity index (χ0v) is 11.4. The van der Waals surface area contributed by atoms with Crippen molar-refractivity contribution in [3.05, 3.63) is 48.0 Å². The van der Waals surface area contributed by atoms with Crippen molar-refractivity contribution in [2.24, 2.45) is 0 Å². The second-order valence-corrected chi connectivity index (χ2v) is 4.48. The average Bonchev–Trinajstić information content (AvgIpc) is 2.45. The van der Waals surface area contributed by atoms with Gasteiger partial charge in [0, 0.05) is 7.05 Å². The van der Waals surface area contributed by atoms with Gasteiger partial charge in [-0.1, -0.05) is 42.5 Å². The number of benzene rings is 2. The topological polar surface area (TPSA) is 53.2 Å². The molecule has 2 aromatic carbocycles. The molecule has 0 aromatic heterocycles. The quantitative estimate of drug-likeness (QED) is 0.573. The van der Waals surface area contributed by atoms with Crippen molar-refractivity contribution in [2.45, 2.75) is 6.42 Å². The molecule has 0 heterocycles. The summed E-state index contributed by atoms with van der Waals surface area (Å²) in [7, 11) is 1.69. The van der Waals surface area contributed by atoms with Gasteiger partial charge in [0.2, 0.25) is 5.91 Å². The predicted octanol–water partition coefficient (Wildman–Crippen LogP) is 1.51. The van der Waals surface area contributed by atoms with Crippen LogP contribution in [0.1, 0.15) is 5.56 Å². The minimum Gasteiger partial charge on any atom is -0.364 e. The summed E-state index contributed by atoms with van der Waals surface area (Å²) in [4.78, 5) is 11.8. The van der Waals surface area contributed by atoms with Crippen LogP contribution < -0.4 is 16.2 Å². The van der Waals surface area contributed by atoms with Gasteiger partial charge in [0.1, 0.15) is 0 Å². The summed E-state index contributed by atoms with van der Waals surface area (Å²) in [5.74, 6) is -0.131. The molecule has 1 amide bonds. The van der Waals surface area contributed by atoms with E-state index in [0.717, 1.165) is 16.3 Å². The van der Waals surface area contributed by atoms with Crippen LogP contribution in [0, 0.1) is 0 Å². The fourth-order valence-corrected chi connectivity index (χ4v) is 1.90. The first-order chi connectivity index (χ1) is 9.20. The number of fused-ring (bicyclic) bond motifs is 1. The number of hydrazine groups is 1. The number of thiocarbonyl (C=S) groups is 1. The molecule has 0 aliphatic rings. The SMILES string of the molecule is CNC(=S)NNC(=O)Cc1cccc2ccccc12. The monoisotopic (exact) mass is 273 g/mol. The van der Waals surface area contributed by atoms with E-state index >= 15 is 0 Å². The molecule has 19 heavy (non-hydrogen) atoms. The molecule has 0 spiro atoms. The lowest BCUT2D eigenvalue weighted by molar-refractivity contribution is -0.120. The van der Waals surface area contributed by atoms with Crippen LogP contribution >= 0.6 is 12.2 Å². The number of amides is 1. The van der Waals surface area contributed by atoms with Gasteiger partial charge in [0.15, 0.2) is 5.11 Å². The molecular weight excluding hydrogens is 258 g/mol. The van der Waals surface area contributed by atoms with Crippen LogP contribution in [0.15, 0.2) is 42.5 Å². The number of carbonyl (C=O) groups excluding carboxylic acids is 1. The Kier molecular flexibility index (Phi) is 4.30. The lowest BCUT2D eigenvalue weighted by atomic mass is 10.0. The van der Waals surface area contributed by atoms with Crippen molar-refractivity contribution >= 4 is 34.0 Å². The fourth-order valence-electron chi connectivity index (χ4n) is 1.85. The highest BCUT2D eigenvalue weighted by Crippen LogP contribution is 2.18. The van der Waals surface area contributed by atoms with Crippen LogP contribution in [-0.2, 0) is 11.2 Å². The normalized spacial score (nSPS) is 9.95. The minimum absolute atomic E-state index is 0.131. The Morgan fingerprint density at radius 2 is 1.84 bits per heavy atom. The summed E-state index contributed by atoms with van der Waals surface area (Å²) in [6.45, 7) is 0. The standard InChI is InChI=1S/C14H15N3OS/c1-15-14(19)17-16-13(18)9-11-7-4-6-10-5-2-3-8-12(10)11/h2-8H,9H2,1H3,(H,16,18)(H2,15,17,19). The predicted molar refractivity (Wildman–Crippen MR) is 80.6 cm³/mol. The molecule has 2 aromatic rings. The van der Waals surface area contributed by atoms with E-state index in [0.29, 0.717) is 11.5 Å². The van der Waals surface area contributed by atoms with E-state index in [4.69, 9.17) is 12.2 Å². The van der Waals surface area contributed by atoms with Crippen molar-refractivity contribution in [2.75, 3.05) is 7.05 Å². The third-order valence-corrected chi connectivity index (χ3v) is 3.08. The lowest BCUT2D eigenvalue weighted by Gasteiger charge is -2.10. The van der Waals surface area contributed by atoms with Gasteiger partial charge in [0.05, 0.1) is 6.42 Å². The second-order valence-electron chi connectivity index (χ2n) is 4.07. The first-order valence-corrected chi connectivity index (χ1v) is 6.34. The van der Waals surface area contributed by atoms with Gasteiger partial charge in [-0.15, -0.1) is 0 Å². The largest absolute Gasteiger partial charge is 0.364 e. The molecule has 3 N–H and O–H groups in total. The summed E-state index contributed by atoms with van der Waals surface area (Å²) in [5.41, 5.74) is 6.17. The van der Waals surface area contributed by atoms with E-state index in [9.17, 15) is 4.79 Å². The zero-order valence-electron chi connectivity index (χ0n) is 10.6. The van der Waals surface area contributed by atoms with E-state index in [-0.39, 0.29) is 5.91 Å². The van der Waals surface area contributed by atoms with Gasteiger partial charge in [0.25, 0.3) is 0 Å². The van der Waals surface area contributed by atoms with Crippen molar-refractivity contribution < 1.29 is 4.79 Å². The Bertz CT molecular complexity index is 607. The molecule has 0 saturated carbocycles. The van der Waals surface area contributed by atoms with Crippen LogP contribution in [0.2, 0.25) is 0 Å². The Balaban J connectivity index is 2.09. The maximum Gasteiger partial charge on any atom is 0.242 e. The summed E-state index contributed by atoms with van der Waals surface area (Å²) < 4.78 is 0. The second kappa shape index (κ2) is 6.15. The highest BCUT2D eigenvalue weighted by atomic mass is 32.1. The Morgan fingerprint density at radius 3 is 2.63 bits per heavy atom. The molecule has 0 aliphatic heterocycles. The smallest absolute Gasteiger partial charge is 0.242 e. The molecule has 98 valence electrons. The summed E-state index contributed by atoms with van der Waals surface area (Å²) in [5, 5.41) is 5.33. The molecule has 0 fully saturated rings. The van der Waals surface area contributed by atoms with Gasteiger partial charge in [-0.3, -0.25) is 15.6 Å². The first kappa shape index (κ1) is 13.3. The molecule has 0 bridgehead atoms. The van der Waals surface area contributed by atoms with Gasteiger partial charge < -0.3 is 5.32 Å². The zero-order chi connectivity index (χ0) is 13.7. The molecule has 2 rings (SSSR count). The van der Waals surface area contributed by atoms with Crippen molar-refractivity contribution in [1.82, 2.24) is 16.2 Å². The van der Waals surface area contributed by atoms with Gasteiger partial charge in [-0.2, -0.15) is 0 Å². The maximum atomic E-state index is 11.8. The number of carbonyl (C=O) groups is 1. The minimum atomic E-state index is -0.131. The summed E-state index contributed by atoms with van der Waals surface area (Å²) >= 11 is 4.88. The Hall–Kier alpha value is -2.14. The van der Waals surface area contributed by atoms with E-state index < -0.39 is 0 Å². The van der Waals surface area contributed by atoms with E-state index in [1.54, 1.807) is 7.05 Å². The molecule has 0 atom stereocenters. The van der Waals surface area contributed by atoms with Crippen molar-refractivity contribution in [3.8, 4) is 0 Å². The average molecular weight is 273 g/mol. The number of nitrogens with one attached hydrogen (secondary N) is 3. The third-order valence-electron chi connectivity index (χ3n) is 2.77. The molecule has 0 unspecified atom stereocenters.